The van der Waals surface area contributed by atoms with Crippen LogP contribution >= 0.6 is 24.0 Å². The first kappa shape index (κ1) is 23.9. The number of rotatable bonds is 8. The molecule has 8 nitrogen and oxygen atoms in total. The van der Waals surface area contributed by atoms with Crippen LogP contribution in [0.15, 0.2) is 29.4 Å². The highest BCUT2D eigenvalue weighted by Gasteiger charge is 2.20. The van der Waals surface area contributed by atoms with Crippen molar-refractivity contribution in [2.24, 2.45) is 4.99 Å². The van der Waals surface area contributed by atoms with Crippen LogP contribution < -0.4 is 14.9 Å². The molecule has 1 aliphatic heterocycles. The third kappa shape index (κ3) is 8.18. The molecule has 0 spiro atoms. The number of pyridine rings is 1. The van der Waals surface area contributed by atoms with Crippen molar-refractivity contribution in [1.29, 1.82) is 0 Å². The molecule has 0 bridgehead atoms. The summed E-state index contributed by atoms with van der Waals surface area (Å²) in [5.41, 5.74) is 0. The molecule has 10 heteroatoms. The minimum Gasteiger partial charge on any atom is -0.357 e. The summed E-state index contributed by atoms with van der Waals surface area (Å²) < 4.78 is 25.4. The zero-order valence-electron chi connectivity index (χ0n) is 16.1. The van der Waals surface area contributed by atoms with E-state index in [1.54, 1.807) is 6.92 Å². The number of anilines is 1. The van der Waals surface area contributed by atoms with Crippen LogP contribution in [0, 0.1) is 0 Å². The van der Waals surface area contributed by atoms with Crippen LogP contribution in [0.5, 0.6) is 0 Å². The number of guanidine groups is 1. The first-order valence-corrected chi connectivity index (χ1v) is 10.9. The number of hydrogen-bond acceptors (Lipinski definition) is 5. The molecular formula is C17H31IN6O2S. The van der Waals surface area contributed by atoms with Crippen molar-refractivity contribution in [3.05, 3.63) is 24.4 Å². The molecule has 0 unspecified atom stereocenters. The maximum atomic E-state index is 11.4. The van der Waals surface area contributed by atoms with Gasteiger partial charge in [0.2, 0.25) is 10.0 Å². The van der Waals surface area contributed by atoms with Gasteiger partial charge in [0, 0.05) is 52.0 Å². The second kappa shape index (κ2) is 12.3. The molecule has 154 valence electrons. The Kier molecular flexibility index (Phi) is 10.9. The number of halogens is 1. The van der Waals surface area contributed by atoms with Gasteiger partial charge in [-0.2, -0.15) is 0 Å². The first-order chi connectivity index (χ1) is 12.6. The van der Waals surface area contributed by atoms with Crippen LogP contribution in [0.2, 0.25) is 0 Å². The Hall–Kier alpha value is -1.14. The van der Waals surface area contributed by atoms with E-state index in [-0.39, 0.29) is 29.7 Å². The molecule has 0 radical (unpaired) electrons. The lowest BCUT2D eigenvalue weighted by Gasteiger charge is -2.37. The van der Waals surface area contributed by atoms with Gasteiger partial charge < -0.3 is 15.1 Å². The number of hydrogen-bond donors (Lipinski definition) is 2. The lowest BCUT2D eigenvalue weighted by atomic mass is 10.3. The lowest BCUT2D eigenvalue weighted by Crippen LogP contribution is -2.52. The second-order valence-electron chi connectivity index (χ2n) is 6.05. The number of nitrogens with one attached hydrogen (secondary N) is 2. The fourth-order valence-corrected chi connectivity index (χ4v) is 3.37. The van der Waals surface area contributed by atoms with Gasteiger partial charge >= 0.3 is 0 Å². The Morgan fingerprint density at radius 2 is 1.96 bits per heavy atom. The highest BCUT2D eigenvalue weighted by atomic mass is 127. The number of nitrogens with zero attached hydrogens (tertiary/aromatic N) is 4. The summed E-state index contributed by atoms with van der Waals surface area (Å²) in [5, 5.41) is 3.33. The smallest absolute Gasteiger partial charge is 0.211 e. The second-order valence-corrected chi connectivity index (χ2v) is 8.14. The minimum absolute atomic E-state index is 0. The normalized spacial score (nSPS) is 15.4. The predicted octanol–water partition coefficient (Wildman–Crippen LogP) is 1.12. The van der Waals surface area contributed by atoms with Crippen LogP contribution in [-0.2, 0) is 10.0 Å². The van der Waals surface area contributed by atoms with Crippen LogP contribution in [0.3, 0.4) is 0 Å². The third-order valence-corrected chi connectivity index (χ3v) is 5.59. The summed E-state index contributed by atoms with van der Waals surface area (Å²) in [6, 6.07) is 5.97. The van der Waals surface area contributed by atoms with Gasteiger partial charge in [0.25, 0.3) is 0 Å². The molecule has 2 rings (SSSR count). The summed E-state index contributed by atoms with van der Waals surface area (Å²) in [6.07, 6.45) is 2.50. The number of aromatic nitrogens is 1. The fraction of sp³-hybridized carbons (Fsp3) is 0.647. The van der Waals surface area contributed by atoms with Crippen LogP contribution in [0.25, 0.3) is 0 Å². The van der Waals surface area contributed by atoms with Crippen molar-refractivity contribution in [2.45, 2.75) is 20.3 Å². The highest BCUT2D eigenvalue weighted by Crippen LogP contribution is 2.12. The van der Waals surface area contributed by atoms with Gasteiger partial charge in [-0.3, -0.25) is 4.99 Å². The largest absolute Gasteiger partial charge is 0.357 e. The van der Waals surface area contributed by atoms with E-state index in [0.717, 1.165) is 44.5 Å². The van der Waals surface area contributed by atoms with E-state index in [4.69, 9.17) is 0 Å². The van der Waals surface area contributed by atoms with Crippen LogP contribution in [-0.4, -0.2) is 75.8 Å². The van der Waals surface area contributed by atoms with Gasteiger partial charge in [0.15, 0.2) is 5.96 Å². The first-order valence-electron chi connectivity index (χ1n) is 9.22. The van der Waals surface area contributed by atoms with E-state index in [0.29, 0.717) is 19.5 Å². The Morgan fingerprint density at radius 1 is 1.22 bits per heavy atom. The van der Waals surface area contributed by atoms with Gasteiger partial charge in [-0.1, -0.05) is 6.07 Å². The zero-order chi connectivity index (χ0) is 18.8. The molecule has 1 aliphatic rings. The average molecular weight is 510 g/mol. The van der Waals surface area contributed by atoms with Gasteiger partial charge in [-0.15, -0.1) is 24.0 Å². The van der Waals surface area contributed by atoms with Crippen molar-refractivity contribution < 1.29 is 8.42 Å². The molecular weight excluding hydrogens is 479 g/mol. The third-order valence-electron chi connectivity index (χ3n) is 4.19. The Bertz CT molecular complexity index is 663. The van der Waals surface area contributed by atoms with Gasteiger partial charge in [-0.05, 0) is 32.4 Å². The standard InChI is InChI=1S/C17H30N6O2S.HI/c1-3-18-17(20-10-7-11-21-26(24,25)4-2)23-14-12-22(13-15-23)16-8-5-6-9-19-16;/h5-6,8-9,21H,3-4,7,10-15H2,1-2H3,(H,18,20);1H. The van der Waals surface area contributed by atoms with E-state index >= 15 is 0 Å². The van der Waals surface area contributed by atoms with E-state index in [1.807, 2.05) is 24.4 Å². The molecule has 1 aromatic rings. The molecule has 2 heterocycles. The van der Waals surface area contributed by atoms with E-state index in [1.165, 1.54) is 0 Å². The average Bonchev–Trinajstić information content (AvgIpc) is 2.68. The number of sulfonamides is 1. The van der Waals surface area contributed by atoms with E-state index in [2.05, 4.69) is 36.7 Å². The minimum atomic E-state index is -3.12. The van der Waals surface area contributed by atoms with Crippen molar-refractivity contribution in [3.8, 4) is 0 Å². The zero-order valence-corrected chi connectivity index (χ0v) is 19.2. The van der Waals surface area contributed by atoms with Gasteiger partial charge in [-0.25, -0.2) is 18.1 Å². The fourth-order valence-electron chi connectivity index (χ4n) is 2.71. The van der Waals surface area contributed by atoms with Crippen molar-refractivity contribution in [3.63, 3.8) is 0 Å². The molecule has 27 heavy (non-hydrogen) atoms. The Balaban J connectivity index is 0.00000364. The van der Waals surface area contributed by atoms with Crippen molar-refractivity contribution >= 4 is 45.8 Å². The molecule has 0 aromatic carbocycles. The highest BCUT2D eigenvalue weighted by molar-refractivity contribution is 14.0. The van der Waals surface area contributed by atoms with Gasteiger partial charge in [0.1, 0.15) is 5.82 Å². The molecule has 0 saturated carbocycles. The van der Waals surface area contributed by atoms with E-state index < -0.39 is 10.0 Å². The lowest BCUT2D eigenvalue weighted by molar-refractivity contribution is 0.371. The summed E-state index contributed by atoms with van der Waals surface area (Å²) in [5.74, 6) is 2.02. The van der Waals surface area contributed by atoms with Crippen LogP contribution in [0.4, 0.5) is 5.82 Å². The molecule has 1 saturated heterocycles. The van der Waals surface area contributed by atoms with E-state index in [9.17, 15) is 8.42 Å². The summed E-state index contributed by atoms with van der Waals surface area (Å²) in [7, 11) is -3.12. The quantitative estimate of drug-likeness (QED) is 0.236. The summed E-state index contributed by atoms with van der Waals surface area (Å²) in [4.78, 5) is 13.6. The Labute approximate surface area is 179 Å². The SMILES string of the molecule is CCNC(=NCCCNS(=O)(=O)CC)N1CCN(c2ccccn2)CC1.I. The van der Waals surface area contributed by atoms with Crippen molar-refractivity contribution in [2.75, 3.05) is 56.5 Å². The van der Waals surface area contributed by atoms with Crippen molar-refractivity contribution in [1.82, 2.24) is 19.9 Å². The topological polar surface area (TPSA) is 89.9 Å². The molecule has 2 N–H and O–H groups in total. The Morgan fingerprint density at radius 3 is 2.56 bits per heavy atom. The molecule has 1 fully saturated rings. The molecule has 1 aromatic heterocycles. The van der Waals surface area contributed by atoms with Crippen LogP contribution in [0.1, 0.15) is 20.3 Å². The predicted molar refractivity (Wildman–Crippen MR) is 121 cm³/mol. The summed E-state index contributed by atoms with van der Waals surface area (Å²) >= 11 is 0. The molecule has 0 aliphatic carbocycles. The maximum Gasteiger partial charge on any atom is 0.211 e. The molecule has 0 atom stereocenters. The number of piperazine rings is 1. The van der Waals surface area contributed by atoms with Gasteiger partial charge in [0.05, 0.1) is 5.75 Å². The summed E-state index contributed by atoms with van der Waals surface area (Å²) in [6.45, 7) is 9.07. The number of aliphatic imine (C=N–C) groups is 1. The monoisotopic (exact) mass is 510 g/mol. The maximum absolute atomic E-state index is 11.4. The molecule has 0 amide bonds.